The quantitative estimate of drug-likeness (QED) is 0.851. The fourth-order valence-corrected chi connectivity index (χ4v) is 2.54. The third-order valence-corrected chi connectivity index (χ3v) is 3.61. The van der Waals surface area contributed by atoms with Crippen molar-refractivity contribution in [1.82, 2.24) is 0 Å². The van der Waals surface area contributed by atoms with Crippen molar-refractivity contribution in [2.75, 3.05) is 13.7 Å². The molecule has 0 spiro atoms. The largest absolute Gasteiger partial charge is 0.494 e. The molecule has 1 unspecified atom stereocenters. The Balaban J connectivity index is 2.64. The maximum Gasteiger partial charge on any atom is 0.338 e. The van der Waals surface area contributed by atoms with Crippen molar-refractivity contribution in [2.45, 2.75) is 19.8 Å². The van der Waals surface area contributed by atoms with Gasteiger partial charge in [0.05, 0.1) is 25.2 Å². The highest BCUT2D eigenvalue weighted by atomic mass is 19.1. The van der Waals surface area contributed by atoms with E-state index in [2.05, 4.69) is 0 Å². The molecular weight excluding hydrogens is 315 g/mol. The number of nitriles is 1. The predicted molar refractivity (Wildman–Crippen MR) is 82.9 cm³/mol. The third kappa shape index (κ3) is 3.04. The molecular formula is C17H17FN2O4. The van der Waals surface area contributed by atoms with E-state index >= 15 is 0 Å². The number of nitrogens with two attached hydrogens (primary N) is 1. The van der Waals surface area contributed by atoms with E-state index in [1.807, 2.05) is 6.07 Å². The maximum atomic E-state index is 13.7. The van der Waals surface area contributed by atoms with Crippen LogP contribution in [0.5, 0.6) is 5.75 Å². The first-order valence-electron chi connectivity index (χ1n) is 7.23. The number of hydrogen-bond acceptors (Lipinski definition) is 6. The Morgan fingerprint density at radius 2 is 2.21 bits per heavy atom. The van der Waals surface area contributed by atoms with E-state index in [-0.39, 0.29) is 35.1 Å². The predicted octanol–water partition coefficient (Wildman–Crippen LogP) is 2.48. The molecule has 7 heteroatoms. The van der Waals surface area contributed by atoms with Gasteiger partial charge in [0.2, 0.25) is 5.88 Å². The lowest BCUT2D eigenvalue weighted by atomic mass is 9.83. The molecule has 1 heterocycles. The Morgan fingerprint density at radius 3 is 2.79 bits per heavy atom. The number of esters is 1. The summed E-state index contributed by atoms with van der Waals surface area (Å²) in [6.45, 7) is 3.39. The molecule has 1 aliphatic rings. The van der Waals surface area contributed by atoms with Crippen molar-refractivity contribution in [1.29, 1.82) is 5.26 Å². The first-order valence-corrected chi connectivity index (χ1v) is 7.23. The molecule has 0 aliphatic carbocycles. The Hall–Kier alpha value is -3.01. The molecule has 6 nitrogen and oxygen atoms in total. The molecule has 0 bridgehead atoms. The van der Waals surface area contributed by atoms with Crippen LogP contribution in [-0.2, 0) is 14.3 Å². The van der Waals surface area contributed by atoms with Gasteiger partial charge in [0.25, 0.3) is 0 Å². The minimum Gasteiger partial charge on any atom is -0.494 e. The number of hydrogen-bond donors (Lipinski definition) is 1. The van der Waals surface area contributed by atoms with Crippen molar-refractivity contribution in [3.8, 4) is 11.8 Å². The Labute approximate surface area is 138 Å². The van der Waals surface area contributed by atoms with Crippen LogP contribution in [0.1, 0.15) is 25.3 Å². The van der Waals surface area contributed by atoms with Crippen LogP contribution >= 0.6 is 0 Å². The topological polar surface area (TPSA) is 94.6 Å². The van der Waals surface area contributed by atoms with Gasteiger partial charge in [-0.25, -0.2) is 9.18 Å². The van der Waals surface area contributed by atoms with E-state index in [0.717, 1.165) is 0 Å². The molecule has 24 heavy (non-hydrogen) atoms. The SMILES string of the molecule is CCOC(=O)C1=C(C)OC(N)=C(C#N)C1c1ccc(F)c(OC)c1. The molecule has 1 aromatic carbocycles. The molecule has 0 saturated carbocycles. The smallest absolute Gasteiger partial charge is 0.338 e. The normalized spacial score (nSPS) is 17.2. The Morgan fingerprint density at radius 1 is 1.50 bits per heavy atom. The van der Waals surface area contributed by atoms with E-state index in [0.29, 0.717) is 5.56 Å². The number of carbonyl (C=O) groups excluding carboxylic acids is 1. The molecule has 1 aliphatic heterocycles. The van der Waals surface area contributed by atoms with Gasteiger partial charge >= 0.3 is 5.97 Å². The second-order valence-electron chi connectivity index (χ2n) is 5.01. The van der Waals surface area contributed by atoms with Crippen LogP contribution < -0.4 is 10.5 Å². The zero-order valence-electron chi connectivity index (χ0n) is 13.6. The Bertz CT molecular complexity index is 777. The summed E-state index contributed by atoms with van der Waals surface area (Å²) in [6, 6.07) is 6.04. The summed E-state index contributed by atoms with van der Waals surface area (Å²) in [5, 5.41) is 9.44. The molecule has 0 fully saturated rings. The molecule has 0 radical (unpaired) electrons. The highest BCUT2D eigenvalue weighted by Gasteiger charge is 2.36. The minimum absolute atomic E-state index is 0.00397. The number of nitrogens with zero attached hydrogens (tertiary/aromatic N) is 1. The molecule has 1 aromatic rings. The average molecular weight is 332 g/mol. The molecule has 126 valence electrons. The highest BCUT2D eigenvalue weighted by molar-refractivity contribution is 5.92. The standard InChI is InChI=1S/C17H17FN2O4/c1-4-23-17(21)14-9(2)24-16(20)11(8-19)15(14)10-5-6-12(18)13(7-10)22-3/h5-7,15H,4,20H2,1-3H3. The van der Waals surface area contributed by atoms with Gasteiger partial charge in [-0.15, -0.1) is 0 Å². The summed E-state index contributed by atoms with van der Waals surface area (Å²) in [6.07, 6.45) is 0. The van der Waals surface area contributed by atoms with Crippen molar-refractivity contribution in [3.05, 3.63) is 52.4 Å². The zero-order valence-corrected chi connectivity index (χ0v) is 13.6. The van der Waals surface area contributed by atoms with Gasteiger partial charge < -0.3 is 19.9 Å². The van der Waals surface area contributed by atoms with Crippen molar-refractivity contribution < 1.29 is 23.4 Å². The van der Waals surface area contributed by atoms with Crippen molar-refractivity contribution in [3.63, 3.8) is 0 Å². The first kappa shape index (κ1) is 17.3. The van der Waals surface area contributed by atoms with Crippen LogP contribution in [0.15, 0.2) is 41.0 Å². The fraction of sp³-hybridized carbons (Fsp3) is 0.294. The molecule has 0 saturated heterocycles. The van der Waals surface area contributed by atoms with Gasteiger partial charge in [-0.2, -0.15) is 5.26 Å². The minimum atomic E-state index is -0.822. The summed E-state index contributed by atoms with van der Waals surface area (Å²) in [7, 11) is 1.33. The van der Waals surface area contributed by atoms with E-state index in [1.165, 1.54) is 25.3 Å². The number of allylic oxidation sites excluding steroid dienone is 2. The van der Waals surface area contributed by atoms with Crippen molar-refractivity contribution in [2.24, 2.45) is 5.73 Å². The van der Waals surface area contributed by atoms with E-state index in [1.54, 1.807) is 13.8 Å². The molecule has 0 amide bonds. The summed E-state index contributed by atoms with van der Waals surface area (Å²) < 4.78 is 29.0. The Kier molecular flexibility index (Phi) is 5.09. The van der Waals surface area contributed by atoms with Crippen molar-refractivity contribution >= 4 is 5.97 Å². The average Bonchev–Trinajstić information content (AvgIpc) is 2.54. The van der Waals surface area contributed by atoms with Gasteiger partial charge in [-0.3, -0.25) is 0 Å². The molecule has 2 rings (SSSR count). The van der Waals surface area contributed by atoms with Crippen LogP contribution in [0.2, 0.25) is 0 Å². The number of methoxy groups -OCH3 is 1. The third-order valence-electron chi connectivity index (χ3n) is 3.61. The van der Waals surface area contributed by atoms with Gasteiger partial charge in [0.15, 0.2) is 11.6 Å². The summed E-state index contributed by atoms with van der Waals surface area (Å²) in [5.41, 5.74) is 6.46. The summed E-state index contributed by atoms with van der Waals surface area (Å²) >= 11 is 0. The summed E-state index contributed by atoms with van der Waals surface area (Å²) in [5.74, 6) is -1.87. The fourth-order valence-electron chi connectivity index (χ4n) is 2.54. The van der Waals surface area contributed by atoms with Crippen LogP contribution in [0.4, 0.5) is 4.39 Å². The van der Waals surface area contributed by atoms with Gasteiger partial charge in [0.1, 0.15) is 17.4 Å². The van der Waals surface area contributed by atoms with Crippen LogP contribution in [0, 0.1) is 17.1 Å². The number of benzene rings is 1. The van der Waals surface area contributed by atoms with E-state index < -0.39 is 17.7 Å². The number of halogens is 1. The van der Waals surface area contributed by atoms with Crippen LogP contribution in [0.25, 0.3) is 0 Å². The van der Waals surface area contributed by atoms with Crippen LogP contribution in [0.3, 0.4) is 0 Å². The second kappa shape index (κ2) is 7.04. The zero-order chi connectivity index (χ0) is 17.9. The monoisotopic (exact) mass is 332 g/mol. The lowest BCUT2D eigenvalue weighted by Gasteiger charge is -2.27. The molecule has 0 aromatic heterocycles. The number of ether oxygens (including phenoxy) is 3. The van der Waals surface area contributed by atoms with E-state index in [9.17, 15) is 14.4 Å². The molecule has 2 N–H and O–H groups in total. The highest BCUT2D eigenvalue weighted by Crippen LogP contribution is 2.40. The van der Waals surface area contributed by atoms with Gasteiger partial charge in [0, 0.05) is 0 Å². The lowest BCUT2D eigenvalue weighted by molar-refractivity contribution is -0.139. The second-order valence-corrected chi connectivity index (χ2v) is 5.01. The first-order chi connectivity index (χ1) is 11.4. The molecule has 1 atom stereocenters. The number of carbonyl (C=O) groups is 1. The van der Waals surface area contributed by atoms with Crippen LogP contribution in [-0.4, -0.2) is 19.7 Å². The lowest BCUT2D eigenvalue weighted by Crippen LogP contribution is -2.25. The maximum absolute atomic E-state index is 13.7. The summed E-state index contributed by atoms with van der Waals surface area (Å²) in [4.78, 5) is 12.3. The van der Waals surface area contributed by atoms with E-state index in [4.69, 9.17) is 19.9 Å². The number of rotatable bonds is 4. The van der Waals surface area contributed by atoms with Gasteiger partial charge in [-0.1, -0.05) is 6.07 Å². The van der Waals surface area contributed by atoms with Gasteiger partial charge in [-0.05, 0) is 31.5 Å².